The summed E-state index contributed by atoms with van der Waals surface area (Å²) in [4.78, 5) is 18.5. The number of hydrogen-bond donors (Lipinski definition) is 0. The third kappa shape index (κ3) is 4.31. The molecule has 0 saturated carbocycles. The van der Waals surface area contributed by atoms with Crippen LogP contribution in [0.5, 0.6) is 11.5 Å². The van der Waals surface area contributed by atoms with Gasteiger partial charge in [-0.1, -0.05) is 24.3 Å². The van der Waals surface area contributed by atoms with Crippen LogP contribution in [0.2, 0.25) is 0 Å². The molecule has 0 radical (unpaired) electrons. The number of rotatable bonds is 7. The maximum absolute atomic E-state index is 13.2. The molecule has 3 aromatic rings. The highest BCUT2D eigenvalue weighted by molar-refractivity contribution is 5.92. The molecular formula is C21H21FN2O4. The molecule has 0 fully saturated rings. The van der Waals surface area contributed by atoms with Gasteiger partial charge < -0.3 is 18.8 Å². The van der Waals surface area contributed by atoms with Crippen molar-refractivity contribution in [3.05, 3.63) is 77.8 Å². The highest BCUT2D eigenvalue weighted by Crippen LogP contribution is 2.28. The Morgan fingerprint density at radius 1 is 1.25 bits per heavy atom. The van der Waals surface area contributed by atoms with Crippen molar-refractivity contribution in [1.82, 2.24) is 9.88 Å². The second kappa shape index (κ2) is 8.56. The summed E-state index contributed by atoms with van der Waals surface area (Å²) in [5.41, 5.74) is 1.06. The Morgan fingerprint density at radius 2 is 2.04 bits per heavy atom. The fourth-order valence-electron chi connectivity index (χ4n) is 2.75. The molecule has 0 bridgehead atoms. The van der Waals surface area contributed by atoms with E-state index in [1.54, 1.807) is 31.2 Å². The Kier molecular flexibility index (Phi) is 5.93. The molecule has 1 amide bonds. The zero-order valence-corrected chi connectivity index (χ0v) is 15.9. The molecule has 1 aromatic heterocycles. The van der Waals surface area contributed by atoms with Crippen LogP contribution in [-0.2, 0) is 6.61 Å². The van der Waals surface area contributed by atoms with Crippen molar-refractivity contribution in [2.75, 3.05) is 14.2 Å². The van der Waals surface area contributed by atoms with Gasteiger partial charge in [-0.05, 0) is 25.1 Å². The van der Waals surface area contributed by atoms with E-state index < -0.39 is 5.82 Å². The number of hydrogen-bond acceptors (Lipinski definition) is 5. The Hall–Kier alpha value is -3.35. The highest BCUT2D eigenvalue weighted by Gasteiger charge is 2.24. The molecule has 3 rings (SSSR count). The van der Waals surface area contributed by atoms with Gasteiger partial charge >= 0.3 is 0 Å². The average Bonchev–Trinajstić information content (AvgIpc) is 3.19. The molecule has 2 aromatic carbocycles. The maximum Gasteiger partial charge on any atom is 0.276 e. The summed E-state index contributed by atoms with van der Waals surface area (Å²) >= 11 is 0. The van der Waals surface area contributed by atoms with Crippen LogP contribution < -0.4 is 9.47 Å². The third-order valence-electron chi connectivity index (χ3n) is 4.42. The van der Waals surface area contributed by atoms with Gasteiger partial charge in [0.25, 0.3) is 5.91 Å². The minimum atomic E-state index is -0.396. The first kappa shape index (κ1) is 19.4. The number of aromatic nitrogens is 1. The quantitative estimate of drug-likeness (QED) is 0.610. The number of halogens is 1. The third-order valence-corrected chi connectivity index (χ3v) is 4.42. The second-order valence-corrected chi connectivity index (χ2v) is 6.21. The summed E-state index contributed by atoms with van der Waals surface area (Å²) in [7, 11) is 3.28. The summed E-state index contributed by atoms with van der Waals surface area (Å²) in [5, 5.41) is 0. The SMILES string of the molecule is COc1ccccc1[C@@H](C)N(C)C(=O)c1coc(COc2cccc(F)c2)n1. The first-order chi connectivity index (χ1) is 13.5. The summed E-state index contributed by atoms with van der Waals surface area (Å²) in [6.45, 7) is 1.90. The van der Waals surface area contributed by atoms with Crippen molar-refractivity contribution in [3.63, 3.8) is 0 Å². The average molecular weight is 384 g/mol. The van der Waals surface area contributed by atoms with Gasteiger partial charge in [-0.3, -0.25) is 4.79 Å². The maximum atomic E-state index is 13.2. The van der Waals surface area contributed by atoms with Crippen molar-refractivity contribution in [2.24, 2.45) is 0 Å². The molecule has 0 unspecified atom stereocenters. The van der Waals surface area contributed by atoms with Crippen LogP contribution >= 0.6 is 0 Å². The van der Waals surface area contributed by atoms with Gasteiger partial charge in [0.2, 0.25) is 5.89 Å². The van der Waals surface area contributed by atoms with E-state index in [0.717, 1.165) is 5.56 Å². The lowest BCUT2D eigenvalue weighted by molar-refractivity contribution is 0.0735. The molecule has 0 aliphatic heterocycles. The van der Waals surface area contributed by atoms with Crippen LogP contribution in [0.3, 0.4) is 0 Å². The Balaban J connectivity index is 1.67. The molecule has 6 nitrogen and oxygen atoms in total. The molecule has 1 atom stereocenters. The van der Waals surface area contributed by atoms with Crippen molar-refractivity contribution in [2.45, 2.75) is 19.6 Å². The number of nitrogens with zero attached hydrogens (tertiary/aromatic N) is 2. The van der Waals surface area contributed by atoms with Crippen LogP contribution in [0, 0.1) is 5.82 Å². The van der Waals surface area contributed by atoms with Gasteiger partial charge in [-0.25, -0.2) is 9.37 Å². The number of carbonyl (C=O) groups excluding carboxylic acids is 1. The zero-order valence-electron chi connectivity index (χ0n) is 15.9. The van der Waals surface area contributed by atoms with Crippen LogP contribution in [0.15, 0.2) is 59.2 Å². The van der Waals surface area contributed by atoms with E-state index in [-0.39, 0.29) is 30.1 Å². The minimum absolute atomic E-state index is 0.0114. The Labute approximate surface area is 162 Å². The molecule has 7 heteroatoms. The topological polar surface area (TPSA) is 64.8 Å². The van der Waals surface area contributed by atoms with Gasteiger partial charge in [0.15, 0.2) is 12.3 Å². The fraction of sp³-hybridized carbons (Fsp3) is 0.238. The first-order valence-corrected chi connectivity index (χ1v) is 8.72. The van der Waals surface area contributed by atoms with E-state index in [2.05, 4.69) is 4.98 Å². The van der Waals surface area contributed by atoms with Crippen LogP contribution in [0.1, 0.15) is 34.9 Å². The molecule has 28 heavy (non-hydrogen) atoms. The smallest absolute Gasteiger partial charge is 0.276 e. The van der Waals surface area contributed by atoms with E-state index in [4.69, 9.17) is 13.9 Å². The normalized spacial score (nSPS) is 11.7. The molecule has 0 saturated heterocycles. The number of oxazole rings is 1. The predicted molar refractivity (Wildman–Crippen MR) is 101 cm³/mol. The molecular weight excluding hydrogens is 363 g/mol. The van der Waals surface area contributed by atoms with E-state index >= 15 is 0 Å². The van der Waals surface area contributed by atoms with Gasteiger partial charge in [-0.2, -0.15) is 0 Å². The lowest BCUT2D eigenvalue weighted by atomic mass is 10.1. The molecule has 1 heterocycles. The van der Waals surface area contributed by atoms with Crippen molar-refractivity contribution in [1.29, 1.82) is 0 Å². The largest absolute Gasteiger partial charge is 0.496 e. The van der Waals surface area contributed by atoms with Crippen molar-refractivity contribution >= 4 is 5.91 Å². The molecule has 0 spiro atoms. The van der Waals surface area contributed by atoms with E-state index in [1.165, 1.54) is 18.4 Å². The summed E-state index contributed by atoms with van der Waals surface area (Å²) in [6.07, 6.45) is 1.29. The van der Waals surface area contributed by atoms with Gasteiger partial charge in [0.1, 0.15) is 23.6 Å². The highest BCUT2D eigenvalue weighted by atomic mass is 19.1. The Bertz CT molecular complexity index is 957. The summed E-state index contributed by atoms with van der Waals surface area (Å²) in [5.74, 6) is 0.602. The monoisotopic (exact) mass is 384 g/mol. The van der Waals surface area contributed by atoms with E-state index in [0.29, 0.717) is 11.5 Å². The Morgan fingerprint density at radius 3 is 2.79 bits per heavy atom. The minimum Gasteiger partial charge on any atom is -0.496 e. The molecule has 0 aliphatic rings. The van der Waals surface area contributed by atoms with E-state index in [1.807, 2.05) is 31.2 Å². The summed E-state index contributed by atoms with van der Waals surface area (Å²) < 4.78 is 29.3. The second-order valence-electron chi connectivity index (χ2n) is 6.21. The molecule has 0 aliphatic carbocycles. The number of methoxy groups -OCH3 is 1. The lowest BCUT2D eigenvalue weighted by Gasteiger charge is -2.25. The van der Waals surface area contributed by atoms with E-state index in [9.17, 15) is 9.18 Å². The number of para-hydroxylation sites is 1. The van der Waals surface area contributed by atoms with Crippen LogP contribution in [0.25, 0.3) is 0 Å². The lowest BCUT2D eigenvalue weighted by Crippen LogP contribution is -2.30. The predicted octanol–water partition coefficient (Wildman–Crippen LogP) is 4.23. The number of ether oxygens (including phenoxy) is 2. The van der Waals surface area contributed by atoms with Crippen molar-refractivity contribution in [3.8, 4) is 11.5 Å². The molecule has 146 valence electrons. The number of amides is 1. The standard InChI is InChI=1S/C21H21FN2O4/c1-14(17-9-4-5-10-19(17)26-3)24(2)21(25)18-12-28-20(23-18)13-27-16-8-6-7-15(22)11-16/h4-12,14H,13H2,1-3H3/t14-/m1/s1. The van der Waals surface area contributed by atoms with Gasteiger partial charge in [0, 0.05) is 18.7 Å². The number of carbonyl (C=O) groups is 1. The molecule has 0 N–H and O–H groups in total. The van der Waals surface area contributed by atoms with Crippen LogP contribution in [0.4, 0.5) is 4.39 Å². The number of benzene rings is 2. The zero-order chi connectivity index (χ0) is 20.1. The fourth-order valence-corrected chi connectivity index (χ4v) is 2.75. The first-order valence-electron chi connectivity index (χ1n) is 8.72. The summed E-state index contributed by atoms with van der Waals surface area (Å²) in [6, 6.07) is 13.1. The van der Waals surface area contributed by atoms with Crippen molar-refractivity contribution < 1.29 is 23.1 Å². The van der Waals surface area contributed by atoms with Crippen LogP contribution in [-0.4, -0.2) is 29.9 Å². The van der Waals surface area contributed by atoms with Gasteiger partial charge in [-0.15, -0.1) is 0 Å². The van der Waals surface area contributed by atoms with Gasteiger partial charge in [0.05, 0.1) is 13.2 Å².